The Bertz CT molecular complexity index is 1090. The van der Waals surface area contributed by atoms with Gasteiger partial charge in [0.15, 0.2) is 6.20 Å². The van der Waals surface area contributed by atoms with Crippen molar-refractivity contribution in [1.29, 1.82) is 0 Å². The molecule has 1 aromatic heterocycles. The normalized spacial score (nSPS) is 20.7. The molecule has 2 nitrogen and oxygen atoms in total. The van der Waals surface area contributed by atoms with Gasteiger partial charge in [-0.1, -0.05) is 71.0 Å². The van der Waals surface area contributed by atoms with Crippen LogP contribution in [0.15, 0.2) is 60.8 Å². The van der Waals surface area contributed by atoms with Crippen LogP contribution in [0.4, 0.5) is 0 Å². The molecule has 1 aliphatic heterocycles. The fourth-order valence-corrected chi connectivity index (χ4v) is 4.86. The summed E-state index contributed by atoms with van der Waals surface area (Å²) >= 11 is 0. The van der Waals surface area contributed by atoms with Crippen LogP contribution in [0.25, 0.3) is 22.4 Å². The molecule has 0 radical (unpaired) electrons. The first kappa shape index (κ1) is 21.8. The number of aromatic nitrogens is 1. The van der Waals surface area contributed by atoms with Gasteiger partial charge in [-0.25, -0.2) is 5.32 Å². The van der Waals surface area contributed by atoms with Gasteiger partial charge in [-0.2, -0.15) is 4.57 Å². The number of benzene rings is 2. The van der Waals surface area contributed by atoms with Gasteiger partial charge >= 0.3 is 0 Å². The van der Waals surface area contributed by atoms with Gasteiger partial charge in [0.1, 0.15) is 0 Å². The van der Waals surface area contributed by atoms with E-state index in [9.17, 15) is 0 Å². The summed E-state index contributed by atoms with van der Waals surface area (Å²) in [6.45, 7) is 15.8. The van der Waals surface area contributed by atoms with Crippen molar-refractivity contribution in [3.8, 4) is 22.4 Å². The standard InChI is InChI=1S/C29H37N2/c1-8-27-29(9-2,30-27)31-17-16-20(3)18-26(31)25-19-23(11-10-21(25)4)22-12-14-24(15-13-22)28(5,6)7/h10-19,27,30H,8-9H2,1-7H3/q+1. The van der Waals surface area contributed by atoms with E-state index in [0.717, 1.165) is 12.8 Å². The van der Waals surface area contributed by atoms with Crippen molar-refractivity contribution in [2.75, 3.05) is 0 Å². The molecule has 1 fully saturated rings. The summed E-state index contributed by atoms with van der Waals surface area (Å²) < 4.78 is 2.49. The molecular formula is C29H37N2+. The van der Waals surface area contributed by atoms with Gasteiger partial charge in [-0.15, -0.1) is 0 Å². The van der Waals surface area contributed by atoms with E-state index in [1.165, 1.54) is 39.1 Å². The molecule has 0 aliphatic carbocycles. The lowest BCUT2D eigenvalue weighted by atomic mass is 9.86. The average Bonchev–Trinajstić information content (AvgIpc) is 3.48. The maximum absolute atomic E-state index is 3.78. The van der Waals surface area contributed by atoms with Crippen LogP contribution in [0.2, 0.25) is 0 Å². The van der Waals surface area contributed by atoms with Gasteiger partial charge < -0.3 is 0 Å². The average molecular weight is 414 g/mol. The van der Waals surface area contributed by atoms with Gasteiger partial charge in [0, 0.05) is 24.1 Å². The maximum Gasteiger partial charge on any atom is 0.238 e. The van der Waals surface area contributed by atoms with Crippen molar-refractivity contribution in [3.63, 3.8) is 0 Å². The molecule has 3 aromatic rings. The first-order chi connectivity index (χ1) is 14.7. The third-order valence-corrected chi connectivity index (χ3v) is 7.00. The second kappa shape index (κ2) is 7.91. The van der Waals surface area contributed by atoms with Crippen LogP contribution in [0, 0.1) is 13.8 Å². The zero-order valence-electron chi connectivity index (χ0n) is 20.2. The fraction of sp³-hybridized carbons (Fsp3) is 0.414. The van der Waals surface area contributed by atoms with Crippen molar-refractivity contribution in [2.45, 2.75) is 78.4 Å². The van der Waals surface area contributed by atoms with Gasteiger partial charge in [0.25, 0.3) is 0 Å². The molecule has 0 bridgehead atoms. The number of aryl methyl sites for hydroxylation is 2. The second-order valence-corrected chi connectivity index (χ2v) is 10.2. The quantitative estimate of drug-likeness (QED) is 0.367. The lowest BCUT2D eigenvalue weighted by molar-refractivity contribution is -0.733. The van der Waals surface area contributed by atoms with Crippen LogP contribution in [0.5, 0.6) is 0 Å². The van der Waals surface area contributed by atoms with E-state index in [1.807, 2.05) is 0 Å². The van der Waals surface area contributed by atoms with E-state index in [-0.39, 0.29) is 11.1 Å². The van der Waals surface area contributed by atoms with Gasteiger partial charge in [-0.3, -0.25) is 0 Å². The molecule has 162 valence electrons. The van der Waals surface area contributed by atoms with E-state index in [4.69, 9.17) is 0 Å². The number of hydrogen-bond donors (Lipinski definition) is 1. The Hall–Kier alpha value is -2.45. The van der Waals surface area contributed by atoms with E-state index >= 15 is 0 Å². The van der Waals surface area contributed by atoms with Crippen molar-refractivity contribution >= 4 is 0 Å². The number of rotatable bonds is 5. The van der Waals surface area contributed by atoms with Gasteiger partial charge in [-0.05, 0) is 59.6 Å². The van der Waals surface area contributed by atoms with Crippen LogP contribution in [-0.4, -0.2) is 6.04 Å². The number of nitrogens with one attached hydrogen (secondary N) is 1. The summed E-state index contributed by atoms with van der Waals surface area (Å²) in [4.78, 5) is 0. The Morgan fingerprint density at radius 1 is 0.903 bits per heavy atom. The summed E-state index contributed by atoms with van der Waals surface area (Å²) in [6, 6.07) is 21.1. The molecule has 2 unspecified atom stereocenters. The Kier molecular flexibility index (Phi) is 5.55. The molecule has 1 N–H and O–H groups in total. The molecule has 2 heterocycles. The molecule has 1 saturated heterocycles. The number of pyridine rings is 1. The molecule has 2 heteroatoms. The fourth-order valence-electron chi connectivity index (χ4n) is 4.86. The summed E-state index contributed by atoms with van der Waals surface area (Å²) in [5.41, 5.74) is 9.36. The van der Waals surface area contributed by atoms with Gasteiger partial charge in [0.2, 0.25) is 11.4 Å². The molecule has 4 rings (SSSR count). The zero-order valence-corrected chi connectivity index (χ0v) is 20.2. The van der Waals surface area contributed by atoms with Crippen molar-refractivity contribution in [3.05, 3.63) is 77.5 Å². The van der Waals surface area contributed by atoms with Crippen LogP contribution in [-0.2, 0) is 11.1 Å². The summed E-state index contributed by atoms with van der Waals surface area (Å²) in [5.74, 6) is 0. The minimum absolute atomic E-state index is 0.0363. The van der Waals surface area contributed by atoms with Crippen LogP contribution in [0.1, 0.15) is 64.2 Å². The molecule has 0 saturated carbocycles. The Labute approximate surface area is 188 Å². The smallest absolute Gasteiger partial charge is 0.238 e. The lowest BCUT2D eigenvalue weighted by Crippen LogP contribution is -2.52. The minimum atomic E-state index is 0.0363. The van der Waals surface area contributed by atoms with E-state index < -0.39 is 0 Å². The SMILES string of the molecule is CCC1NC1(CC)[n+]1ccc(C)cc1-c1cc(-c2ccc(C(C)(C)C)cc2)ccc1C. The van der Waals surface area contributed by atoms with E-state index in [0.29, 0.717) is 6.04 Å². The molecule has 2 aromatic carbocycles. The topological polar surface area (TPSA) is 25.8 Å². The monoisotopic (exact) mass is 413 g/mol. The third-order valence-electron chi connectivity index (χ3n) is 7.00. The largest absolute Gasteiger partial charge is 0.244 e. The molecule has 2 atom stereocenters. The number of hydrogen-bond acceptors (Lipinski definition) is 1. The van der Waals surface area contributed by atoms with E-state index in [2.05, 4.69) is 119 Å². The van der Waals surface area contributed by atoms with Gasteiger partial charge in [0.05, 0.1) is 6.04 Å². The predicted octanol–water partition coefficient (Wildman–Crippen LogP) is 6.67. The van der Waals surface area contributed by atoms with Crippen LogP contribution < -0.4 is 9.88 Å². The number of nitrogens with zero attached hydrogens (tertiary/aromatic N) is 1. The van der Waals surface area contributed by atoms with E-state index in [1.54, 1.807) is 0 Å². The van der Waals surface area contributed by atoms with Crippen molar-refractivity contribution < 1.29 is 4.57 Å². The Balaban J connectivity index is 1.81. The van der Waals surface area contributed by atoms with Crippen LogP contribution in [0.3, 0.4) is 0 Å². The first-order valence-electron chi connectivity index (χ1n) is 11.7. The second-order valence-electron chi connectivity index (χ2n) is 10.2. The highest BCUT2D eigenvalue weighted by molar-refractivity contribution is 5.73. The first-order valence-corrected chi connectivity index (χ1v) is 11.7. The molecule has 1 aliphatic rings. The Morgan fingerprint density at radius 3 is 2.16 bits per heavy atom. The molecule has 0 amide bonds. The molecule has 31 heavy (non-hydrogen) atoms. The Morgan fingerprint density at radius 2 is 1.58 bits per heavy atom. The molecule has 0 spiro atoms. The lowest BCUT2D eigenvalue weighted by Gasteiger charge is -2.19. The summed E-state index contributed by atoms with van der Waals surface area (Å²) in [7, 11) is 0. The minimum Gasteiger partial charge on any atom is -0.244 e. The molecular weight excluding hydrogens is 376 g/mol. The summed E-state index contributed by atoms with van der Waals surface area (Å²) in [6.07, 6.45) is 4.51. The maximum atomic E-state index is 3.78. The third kappa shape index (κ3) is 3.94. The zero-order chi connectivity index (χ0) is 22.4. The highest BCUT2D eigenvalue weighted by atomic mass is 15.4. The van der Waals surface area contributed by atoms with Crippen LogP contribution >= 0.6 is 0 Å². The predicted molar refractivity (Wildman–Crippen MR) is 131 cm³/mol. The van der Waals surface area contributed by atoms with Crippen molar-refractivity contribution in [1.82, 2.24) is 5.32 Å². The highest BCUT2D eigenvalue weighted by Crippen LogP contribution is 2.36. The van der Waals surface area contributed by atoms with Crippen molar-refractivity contribution in [2.24, 2.45) is 0 Å². The summed E-state index contributed by atoms with van der Waals surface area (Å²) in [5, 5.41) is 3.78. The highest BCUT2D eigenvalue weighted by Gasteiger charge is 2.61.